The third-order valence-corrected chi connectivity index (χ3v) is 5.01. The van der Waals surface area contributed by atoms with Gasteiger partial charge < -0.3 is 24.1 Å². The van der Waals surface area contributed by atoms with Gasteiger partial charge in [-0.2, -0.15) is 0 Å². The number of nitrogens with one attached hydrogen (secondary N) is 1. The van der Waals surface area contributed by atoms with Crippen molar-refractivity contribution in [3.63, 3.8) is 0 Å². The van der Waals surface area contributed by atoms with E-state index in [1.54, 1.807) is 25.2 Å². The van der Waals surface area contributed by atoms with Crippen LogP contribution >= 0.6 is 0 Å². The third kappa shape index (κ3) is 4.42. The standard InChI is InChI=1S/C21H24N2O6/c1-13(24)14-9-17(22-11-14)21(26)29-12-20(25)23-8-4-5-18(23)16-10-15(27-2)6-7-19(16)28-3/h6-7,9-11,18,22H,4-5,8,12H2,1-3H3/t18-/m0/s1. The number of ketones is 1. The van der Waals surface area contributed by atoms with E-state index in [0.717, 1.165) is 18.4 Å². The molecular formula is C21H24N2O6. The highest BCUT2D eigenvalue weighted by Crippen LogP contribution is 2.38. The molecule has 1 aromatic carbocycles. The van der Waals surface area contributed by atoms with E-state index in [-0.39, 0.29) is 30.0 Å². The number of aromatic amines is 1. The molecule has 1 fully saturated rings. The molecule has 0 radical (unpaired) electrons. The zero-order valence-electron chi connectivity index (χ0n) is 16.7. The summed E-state index contributed by atoms with van der Waals surface area (Å²) in [5.74, 6) is 0.225. The van der Waals surface area contributed by atoms with Gasteiger partial charge >= 0.3 is 5.97 Å². The quantitative estimate of drug-likeness (QED) is 0.567. The number of benzene rings is 1. The maximum absolute atomic E-state index is 12.7. The van der Waals surface area contributed by atoms with Gasteiger partial charge in [0.25, 0.3) is 5.91 Å². The van der Waals surface area contributed by atoms with E-state index in [0.29, 0.717) is 23.6 Å². The fraction of sp³-hybridized carbons (Fsp3) is 0.381. The maximum atomic E-state index is 12.7. The van der Waals surface area contributed by atoms with Crippen molar-refractivity contribution in [1.29, 1.82) is 0 Å². The number of Topliss-reactive ketones (excluding diaryl/α,β-unsaturated/α-hetero) is 1. The molecule has 8 heteroatoms. The number of nitrogens with zero attached hydrogens (tertiary/aromatic N) is 1. The Labute approximate surface area is 168 Å². The van der Waals surface area contributed by atoms with Crippen LogP contribution in [0.2, 0.25) is 0 Å². The lowest BCUT2D eigenvalue weighted by atomic mass is 10.0. The van der Waals surface area contributed by atoms with Crippen LogP contribution in [0.5, 0.6) is 11.5 Å². The van der Waals surface area contributed by atoms with Gasteiger partial charge in [0.1, 0.15) is 17.2 Å². The lowest BCUT2D eigenvalue weighted by molar-refractivity contribution is -0.135. The SMILES string of the molecule is COc1ccc(OC)c([C@@H]2CCCN2C(=O)COC(=O)c2cc(C(C)=O)c[nH]2)c1. The van der Waals surface area contributed by atoms with Crippen LogP contribution in [0.3, 0.4) is 0 Å². The molecule has 3 rings (SSSR count). The molecule has 1 saturated heterocycles. The highest BCUT2D eigenvalue weighted by molar-refractivity contribution is 5.97. The Morgan fingerprint density at radius 2 is 1.97 bits per heavy atom. The Balaban J connectivity index is 1.68. The van der Waals surface area contributed by atoms with Gasteiger partial charge in [0.2, 0.25) is 0 Å². The summed E-state index contributed by atoms with van der Waals surface area (Å²) in [7, 11) is 3.17. The van der Waals surface area contributed by atoms with Crippen molar-refractivity contribution in [3.05, 3.63) is 47.3 Å². The molecule has 2 aromatic rings. The van der Waals surface area contributed by atoms with E-state index in [9.17, 15) is 14.4 Å². The fourth-order valence-electron chi connectivity index (χ4n) is 3.49. The molecule has 29 heavy (non-hydrogen) atoms. The minimum atomic E-state index is -0.680. The number of hydrogen-bond donors (Lipinski definition) is 1. The normalized spacial score (nSPS) is 15.8. The second-order valence-electron chi connectivity index (χ2n) is 6.79. The monoisotopic (exact) mass is 400 g/mol. The van der Waals surface area contributed by atoms with Crippen molar-refractivity contribution >= 4 is 17.7 Å². The molecule has 0 unspecified atom stereocenters. The van der Waals surface area contributed by atoms with Crippen molar-refractivity contribution in [2.45, 2.75) is 25.8 Å². The molecule has 0 spiro atoms. The number of carbonyl (C=O) groups excluding carboxylic acids is 3. The van der Waals surface area contributed by atoms with Crippen LogP contribution in [-0.2, 0) is 9.53 Å². The average molecular weight is 400 g/mol. The van der Waals surface area contributed by atoms with Gasteiger partial charge in [0, 0.05) is 23.9 Å². The molecule has 154 valence electrons. The molecule has 8 nitrogen and oxygen atoms in total. The summed E-state index contributed by atoms with van der Waals surface area (Å²) in [4.78, 5) is 40.6. The Hall–Kier alpha value is -3.29. The molecule has 1 aliphatic heterocycles. The van der Waals surface area contributed by atoms with Crippen molar-refractivity contribution in [2.75, 3.05) is 27.4 Å². The van der Waals surface area contributed by atoms with Crippen LogP contribution < -0.4 is 9.47 Å². The first-order valence-electron chi connectivity index (χ1n) is 9.32. The molecule has 2 heterocycles. The maximum Gasteiger partial charge on any atom is 0.355 e. The molecule has 1 aromatic heterocycles. The number of methoxy groups -OCH3 is 2. The van der Waals surface area contributed by atoms with E-state index in [2.05, 4.69) is 4.98 Å². The predicted octanol–water partition coefficient (Wildman–Crippen LogP) is 2.76. The molecule has 1 N–H and O–H groups in total. The van der Waals surface area contributed by atoms with Gasteiger partial charge in [-0.25, -0.2) is 4.79 Å². The van der Waals surface area contributed by atoms with Crippen LogP contribution in [0.25, 0.3) is 0 Å². The highest BCUT2D eigenvalue weighted by atomic mass is 16.5. The van der Waals surface area contributed by atoms with Crippen LogP contribution in [0.15, 0.2) is 30.5 Å². The van der Waals surface area contributed by atoms with E-state index >= 15 is 0 Å². The van der Waals surface area contributed by atoms with Crippen molar-refractivity contribution in [1.82, 2.24) is 9.88 Å². The third-order valence-electron chi connectivity index (χ3n) is 5.01. The lowest BCUT2D eigenvalue weighted by Gasteiger charge is -2.26. The van der Waals surface area contributed by atoms with Gasteiger partial charge in [-0.1, -0.05) is 0 Å². The number of amides is 1. The van der Waals surface area contributed by atoms with E-state index in [1.807, 2.05) is 12.1 Å². The summed E-state index contributed by atoms with van der Waals surface area (Å²) >= 11 is 0. The molecule has 1 amide bonds. The van der Waals surface area contributed by atoms with Crippen molar-refractivity contribution < 1.29 is 28.6 Å². The molecule has 1 aliphatic rings. The second-order valence-corrected chi connectivity index (χ2v) is 6.79. The largest absolute Gasteiger partial charge is 0.497 e. The number of esters is 1. The number of aromatic nitrogens is 1. The first kappa shape index (κ1) is 20.4. The molecule has 0 aliphatic carbocycles. The molecule has 0 saturated carbocycles. The smallest absolute Gasteiger partial charge is 0.355 e. The number of rotatable bonds is 7. The second kappa shape index (κ2) is 8.81. The number of hydrogen-bond acceptors (Lipinski definition) is 6. The summed E-state index contributed by atoms with van der Waals surface area (Å²) in [6.07, 6.45) is 3.05. The van der Waals surface area contributed by atoms with Crippen molar-refractivity contribution in [3.8, 4) is 11.5 Å². The zero-order chi connectivity index (χ0) is 21.0. The first-order valence-corrected chi connectivity index (χ1v) is 9.32. The number of ether oxygens (including phenoxy) is 3. The minimum absolute atomic E-state index is 0.135. The van der Waals surface area contributed by atoms with Crippen LogP contribution in [-0.4, -0.2) is 54.9 Å². The number of H-pyrrole nitrogens is 1. The Bertz CT molecular complexity index is 920. The zero-order valence-corrected chi connectivity index (χ0v) is 16.7. The van der Waals surface area contributed by atoms with Gasteiger partial charge in [-0.05, 0) is 44.0 Å². The average Bonchev–Trinajstić information content (AvgIpc) is 3.41. The summed E-state index contributed by atoms with van der Waals surface area (Å²) in [5.41, 5.74) is 1.38. The number of likely N-dealkylation sites (tertiary alicyclic amines) is 1. The van der Waals surface area contributed by atoms with Gasteiger partial charge in [0.05, 0.1) is 20.3 Å². The highest BCUT2D eigenvalue weighted by Gasteiger charge is 2.32. The van der Waals surface area contributed by atoms with Crippen LogP contribution in [0.1, 0.15) is 52.2 Å². The summed E-state index contributed by atoms with van der Waals surface area (Å²) < 4.78 is 15.9. The van der Waals surface area contributed by atoms with Gasteiger partial charge in [0.15, 0.2) is 12.4 Å². The van der Waals surface area contributed by atoms with Crippen LogP contribution in [0.4, 0.5) is 0 Å². The molecule has 1 atom stereocenters. The summed E-state index contributed by atoms with van der Waals surface area (Å²) in [5, 5.41) is 0. The van der Waals surface area contributed by atoms with E-state index < -0.39 is 5.97 Å². The number of carbonyl (C=O) groups is 3. The Morgan fingerprint density at radius 3 is 2.62 bits per heavy atom. The van der Waals surface area contributed by atoms with E-state index in [1.165, 1.54) is 19.2 Å². The minimum Gasteiger partial charge on any atom is -0.497 e. The van der Waals surface area contributed by atoms with Gasteiger partial charge in [-0.15, -0.1) is 0 Å². The fourth-order valence-corrected chi connectivity index (χ4v) is 3.49. The molecule has 0 bridgehead atoms. The first-order chi connectivity index (χ1) is 13.9. The summed E-state index contributed by atoms with van der Waals surface area (Å²) in [6.45, 7) is 1.59. The molecular weight excluding hydrogens is 376 g/mol. The lowest BCUT2D eigenvalue weighted by Crippen LogP contribution is -2.34. The summed E-state index contributed by atoms with van der Waals surface area (Å²) in [6, 6.07) is 6.71. The Kier molecular flexibility index (Phi) is 6.21. The predicted molar refractivity (Wildman–Crippen MR) is 104 cm³/mol. The topological polar surface area (TPSA) is 97.9 Å². The van der Waals surface area contributed by atoms with Gasteiger partial charge in [-0.3, -0.25) is 9.59 Å². The Morgan fingerprint density at radius 1 is 1.17 bits per heavy atom. The van der Waals surface area contributed by atoms with E-state index in [4.69, 9.17) is 14.2 Å². The van der Waals surface area contributed by atoms with Crippen molar-refractivity contribution in [2.24, 2.45) is 0 Å². The van der Waals surface area contributed by atoms with Crippen LogP contribution in [0, 0.1) is 0 Å².